The van der Waals surface area contributed by atoms with Crippen molar-refractivity contribution in [3.63, 3.8) is 0 Å². The number of Topliss-reactive ketones (excluding diaryl/α,β-unsaturated/α-hetero) is 1. The van der Waals surface area contributed by atoms with E-state index >= 15 is 0 Å². The molecule has 0 aromatic heterocycles. The van der Waals surface area contributed by atoms with E-state index in [1.807, 2.05) is 0 Å². The number of ether oxygens (including phenoxy) is 4. The van der Waals surface area contributed by atoms with Gasteiger partial charge in [0.05, 0.1) is 45.0 Å². The topological polar surface area (TPSA) is 71.1 Å². The normalized spacial score (nSPS) is 23.9. The first-order valence-electron chi connectivity index (χ1n) is 6.64. The van der Waals surface area contributed by atoms with Gasteiger partial charge < -0.3 is 18.9 Å². The Morgan fingerprint density at radius 1 is 0.900 bits per heavy atom. The van der Waals surface area contributed by atoms with Gasteiger partial charge in [-0.2, -0.15) is 0 Å². The third kappa shape index (κ3) is 4.53. The highest BCUT2D eigenvalue weighted by Gasteiger charge is 2.35. The second-order valence-corrected chi connectivity index (χ2v) is 6.25. The maximum Gasteiger partial charge on any atom is 0.194 e. The first-order valence-corrected chi connectivity index (χ1v) is 7.63. The van der Waals surface area contributed by atoms with Crippen LogP contribution < -0.4 is 0 Å². The molecule has 20 heavy (non-hydrogen) atoms. The van der Waals surface area contributed by atoms with E-state index in [4.69, 9.17) is 18.9 Å². The van der Waals surface area contributed by atoms with Crippen LogP contribution in [-0.4, -0.2) is 54.7 Å². The van der Waals surface area contributed by atoms with Gasteiger partial charge in [-0.3, -0.25) is 9.59 Å². The van der Waals surface area contributed by atoms with E-state index in [2.05, 4.69) is 0 Å². The predicted octanol–water partition coefficient (Wildman–Crippen LogP) is 1.12. The monoisotopic (exact) mass is 304 g/mol. The Labute approximate surface area is 122 Å². The molecule has 114 valence electrons. The van der Waals surface area contributed by atoms with Crippen LogP contribution in [-0.2, 0) is 28.5 Å². The molecule has 2 rings (SSSR count). The third-order valence-electron chi connectivity index (χ3n) is 3.17. The molecular weight excluding hydrogens is 284 g/mol. The van der Waals surface area contributed by atoms with Crippen LogP contribution in [0.2, 0.25) is 0 Å². The predicted molar refractivity (Wildman–Crippen MR) is 72.3 cm³/mol. The van der Waals surface area contributed by atoms with E-state index in [-0.39, 0.29) is 29.5 Å². The summed E-state index contributed by atoms with van der Waals surface area (Å²) in [7, 11) is 0. The number of hydrogen-bond acceptors (Lipinski definition) is 7. The third-order valence-corrected chi connectivity index (χ3v) is 4.11. The number of hydrogen-bond donors (Lipinski definition) is 0. The van der Waals surface area contributed by atoms with Crippen molar-refractivity contribution >= 4 is 22.7 Å². The minimum Gasteiger partial charge on any atom is -0.347 e. The lowest BCUT2D eigenvalue weighted by Crippen LogP contribution is -2.30. The maximum absolute atomic E-state index is 11.8. The molecule has 6 nitrogen and oxygen atoms in total. The first-order chi connectivity index (χ1) is 9.41. The fraction of sp³-hybridized carbons (Fsp3) is 0.846. The Hall–Kier alpha value is -0.470. The zero-order chi connectivity index (χ0) is 14.6. The number of thioether (sulfide) groups is 1. The van der Waals surface area contributed by atoms with Crippen molar-refractivity contribution in [3.8, 4) is 0 Å². The van der Waals surface area contributed by atoms with Gasteiger partial charge in [-0.25, -0.2) is 0 Å². The molecule has 0 atom stereocenters. The SMILES string of the molecule is CC1(CC(=O)CSC(=O)CC2(C)OCCO2)OCCO1. The zero-order valence-corrected chi connectivity index (χ0v) is 12.6. The van der Waals surface area contributed by atoms with E-state index in [9.17, 15) is 9.59 Å². The number of rotatable bonds is 6. The van der Waals surface area contributed by atoms with Crippen molar-refractivity contribution in [2.75, 3.05) is 32.2 Å². The lowest BCUT2D eigenvalue weighted by molar-refractivity contribution is -0.157. The largest absolute Gasteiger partial charge is 0.347 e. The van der Waals surface area contributed by atoms with E-state index < -0.39 is 11.6 Å². The summed E-state index contributed by atoms with van der Waals surface area (Å²) in [5, 5.41) is -0.110. The van der Waals surface area contributed by atoms with Crippen molar-refractivity contribution in [3.05, 3.63) is 0 Å². The molecule has 0 amide bonds. The molecule has 0 aliphatic carbocycles. The molecule has 0 N–H and O–H groups in total. The fourth-order valence-electron chi connectivity index (χ4n) is 2.20. The van der Waals surface area contributed by atoms with Gasteiger partial charge in [0.2, 0.25) is 0 Å². The Kier molecular flexibility index (Phi) is 5.19. The van der Waals surface area contributed by atoms with Crippen LogP contribution in [0, 0.1) is 0 Å². The minimum absolute atomic E-state index is 0.0637. The smallest absolute Gasteiger partial charge is 0.194 e. The van der Waals surface area contributed by atoms with Crippen molar-refractivity contribution < 1.29 is 28.5 Å². The van der Waals surface area contributed by atoms with Crippen molar-refractivity contribution in [1.29, 1.82) is 0 Å². The zero-order valence-electron chi connectivity index (χ0n) is 11.8. The molecule has 2 aliphatic rings. The molecule has 0 unspecified atom stereocenters. The Morgan fingerprint density at radius 2 is 1.35 bits per heavy atom. The highest BCUT2D eigenvalue weighted by molar-refractivity contribution is 8.14. The van der Waals surface area contributed by atoms with Gasteiger partial charge in [0.25, 0.3) is 0 Å². The van der Waals surface area contributed by atoms with E-state index in [0.29, 0.717) is 26.4 Å². The molecule has 2 aliphatic heterocycles. The Bertz CT molecular complexity index is 335. The lowest BCUT2D eigenvalue weighted by atomic mass is 10.2. The van der Waals surface area contributed by atoms with Crippen LogP contribution in [0.1, 0.15) is 26.7 Å². The molecule has 2 heterocycles. The molecule has 0 spiro atoms. The number of carbonyl (C=O) groups excluding carboxylic acids is 2. The number of ketones is 1. The fourth-order valence-corrected chi connectivity index (χ4v) is 2.99. The van der Waals surface area contributed by atoms with Crippen LogP contribution in [0.4, 0.5) is 0 Å². The second-order valence-electron chi connectivity index (χ2n) is 5.21. The van der Waals surface area contributed by atoms with Gasteiger partial charge >= 0.3 is 0 Å². The summed E-state index contributed by atoms with van der Waals surface area (Å²) < 4.78 is 21.4. The van der Waals surface area contributed by atoms with E-state index in [1.165, 1.54) is 0 Å². The lowest BCUT2D eigenvalue weighted by Gasteiger charge is -2.22. The summed E-state index contributed by atoms with van der Waals surface area (Å²) in [6.07, 6.45) is 0.312. The average Bonchev–Trinajstić information content (AvgIpc) is 2.96. The van der Waals surface area contributed by atoms with Gasteiger partial charge in [-0.05, 0) is 13.8 Å². The minimum atomic E-state index is -0.837. The molecule has 0 saturated carbocycles. The first kappa shape index (κ1) is 15.9. The molecule has 2 fully saturated rings. The van der Waals surface area contributed by atoms with Gasteiger partial charge in [0.15, 0.2) is 16.7 Å². The second kappa shape index (κ2) is 6.53. The Morgan fingerprint density at radius 3 is 1.85 bits per heavy atom. The van der Waals surface area contributed by atoms with E-state index in [1.54, 1.807) is 13.8 Å². The van der Waals surface area contributed by atoms with Gasteiger partial charge in [0, 0.05) is 0 Å². The highest BCUT2D eigenvalue weighted by Crippen LogP contribution is 2.27. The Balaban J connectivity index is 1.69. The van der Waals surface area contributed by atoms with Crippen LogP contribution in [0.15, 0.2) is 0 Å². The average molecular weight is 304 g/mol. The molecule has 0 bridgehead atoms. The summed E-state index contributed by atoms with van der Waals surface area (Å²) in [5.41, 5.74) is 0. The molecule has 2 saturated heterocycles. The quantitative estimate of drug-likeness (QED) is 0.728. The van der Waals surface area contributed by atoms with Gasteiger partial charge in [0.1, 0.15) is 5.78 Å². The molecule has 0 aromatic carbocycles. The molecule has 0 radical (unpaired) electrons. The molecule has 7 heteroatoms. The maximum atomic E-state index is 11.8. The van der Waals surface area contributed by atoms with Crippen LogP contribution in [0.25, 0.3) is 0 Å². The summed E-state index contributed by atoms with van der Waals surface area (Å²) in [6, 6.07) is 0. The van der Waals surface area contributed by atoms with Crippen LogP contribution >= 0.6 is 11.8 Å². The summed E-state index contributed by atoms with van der Waals surface area (Å²) in [5.74, 6) is -1.61. The summed E-state index contributed by atoms with van der Waals surface area (Å²) >= 11 is 0.992. The van der Waals surface area contributed by atoms with Crippen molar-refractivity contribution in [2.24, 2.45) is 0 Å². The van der Waals surface area contributed by atoms with Crippen molar-refractivity contribution in [1.82, 2.24) is 0 Å². The highest BCUT2D eigenvalue weighted by atomic mass is 32.2. The number of carbonyl (C=O) groups is 2. The summed E-state index contributed by atoms with van der Waals surface area (Å²) in [6.45, 7) is 5.49. The van der Waals surface area contributed by atoms with Crippen molar-refractivity contribution in [2.45, 2.75) is 38.3 Å². The van der Waals surface area contributed by atoms with Gasteiger partial charge in [-0.15, -0.1) is 0 Å². The molecule has 0 aromatic rings. The molecular formula is C13H20O6S. The summed E-state index contributed by atoms with van der Waals surface area (Å²) in [4.78, 5) is 23.6. The van der Waals surface area contributed by atoms with Crippen LogP contribution in [0.3, 0.4) is 0 Å². The van der Waals surface area contributed by atoms with Gasteiger partial charge in [-0.1, -0.05) is 11.8 Å². The van der Waals surface area contributed by atoms with Crippen LogP contribution in [0.5, 0.6) is 0 Å². The standard InChI is InChI=1S/C13H20O6S/c1-12(16-3-4-17-12)7-10(14)9-20-11(15)8-13(2)18-5-6-19-13/h3-9H2,1-2H3. The van der Waals surface area contributed by atoms with E-state index in [0.717, 1.165) is 11.8 Å².